The van der Waals surface area contributed by atoms with Crippen LogP contribution < -0.4 is 16.2 Å². The molecule has 0 atom stereocenters. The van der Waals surface area contributed by atoms with Crippen LogP contribution >= 0.6 is 24.0 Å². The van der Waals surface area contributed by atoms with Crippen LogP contribution in [0.1, 0.15) is 23.7 Å². The second kappa shape index (κ2) is 11.4. The molecule has 2 N–H and O–H groups in total. The van der Waals surface area contributed by atoms with Gasteiger partial charge in [0, 0.05) is 32.1 Å². The lowest BCUT2D eigenvalue weighted by Crippen LogP contribution is -2.37. The third-order valence-corrected chi connectivity index (χ3v) is 4.40. The highest BCUT2D eigenvalue weighted by Gasteiger charge is 2.02. The zero-order valence-electron chi connectivity index (χ0n) is 16.7. The molecule has 2 heterocycles. The summed E-state index contributed by atoms with van der Waals surface area (Å²) in [5.74, 6) is 0.767. The standard InChI is InChI=1S/C21H26N6O.HI/c1-3-22-21(24-15-19-11-12-25-26(19)2)23-14-17-7-9-18(10-8-17)16-27-13-5-4-6-20(27)28;/h4-13H,3,14-16H2,1-2H3,(H2,22,23,24);1H. The molecule has 0 saturated heterocycles. The van der Waals surface area contributed by atoms with E-state index in [0.717, 1.165) is 29.3 Å². The van der Waals surface area contributed by atoms with E-state index < -0.39 is 0 Å². The van der Waals surface area contributed by atoms with E-state index in [1.807, 2.05) is 42.9 Å². The first-order valence-corrected chi connectivity index (χ1v) is 9.38. The number of pyridine rings is 1. The van der Waals surface area contributed by atoms with E-state index in [1.165, 1.54) is 0 Å². The molecule has 0 bridgehead atoms. The summed E-state index contributed by atoms with van der Waals surface area (Å²) < 4.78 is 3.53. The molecule has 0 saturated carbocycles. The van der Waals surface area contributed by atoms with Crippen LogP contribution in [0.4, 0.5) is 0 Å². The van der Waals surface area contributed by atoms with Crippen LogP contribution in [0.25, 0.3) is 0 Å². The smallest absolute Gasteiger partial charge is 0.250 e. The van der Waals surface area contributed by atoms with Crippen molar-refractivity contribution in [1.82, 2.24) is 25.0 Å². The maximum atomic E-state index is 11.8. The summed E-state index contributed by atoms with van der Waals surface area (Å²) >= 11 is 0. The van der Waals surface area contributed by atoms with Crippen LogP contribution in [0, 0.1) is 0 Å². The van der Waals surface area contributed by atoms with Crippen molar-refractivity contribution in [3.63, 3.8) is 0 Å². The summed E-state index contributed by atoms with van der Waals surface area (Å²) in [6, 6.07) is 15.4. The summed E-state index contributed by atoms with van der Waals surface area (Å²) in [6.07, 6.45) is 3.59. The fraction of sp³-hybridized carbons (Fsp3) is 0.286. The minimum Gasteiger partial charge on any atom is -0.357 e. The van der Waals surface area contributed by atoms with Crippen LogP contribution in [-0.2, 0) is 26.7 Å². The molecule has 2 aromatic heterocycles. The van der Waals surface area contributed by atoms with Crippen LogP contribution in [0.3, 0.4) is 0 Å². The molecule has 1 aromatic carbocycles. The molecule has 3 rings (SSSR count). The number of hydrogen-bond donors (Lipinski definition) is 2. The van der Waals surface area contributed by atoms with Gasteiger partial charge in [0.05, 0.1) is 25.3 Å². The highest BCUT2D eigenvalue weighted by atomic mass is 127. The van der Waals surface area contributed by atoms with Gasteiger partial charge in [-0.1, -0.05) is 30.3 Å². The Balaban J connectivity index is 0.00000300. The number of aryl methyl sites for hydroxylation is 1. The van der Waals surface area contributed by atoms with Gasteiger partial charge in [-0.15, -0.1) is 24.0 Å². The van der Waals surface area contributed by atoms with Gasteiger partial charge < -0.3 is 15.2 Å². The maximum absolute atomic E-state index is 11.8. The number of aliphatic imine (C=N–C) groups is 1. The van der Waals surface area contributed by atoms with E-state index in [9.17, 15) is 4.79 Å². The fourth-order valence-corrected chi connectivity index (χ4v) is 2.80. The average Bonchev–Trinajstić information content (AvgIpc) is 3.12. The zero-order chi connectivity index (χ0) is 19.8. The van der Waals surface area contributed by atoms with E-state index >= 15 is 0 Å². The van der Waals surface area contributed by atoms with Gasteiger partial charge in [-0.05, 0) is 30.2 Å². The highest BCUT2D eigenvalue weighted by molar-refractivity contribution is 14.0. The summed E-state index contributed by atoms with van der Waals surface area (Å²) in [7, 11) is 1.92. The molecular weight excluding hydrogens is 479 g/mol. The van der Waals surface area contributed by atoms with Crippen molar-refractivity contribution < 1.29 is 0 Å². The van der Waals surface area contributed by atoms with Crippen molar-refractivity contribution >= 4 is 29.9 Å². The largest absolute Gasteiger partial charge is 0.357 e. The van der Waals surface area contributed by atoms with E-state index in [1.54, 1.807) is 29.1 Å². The van der Waals surface area contributed by atoms with Crippen molar-refractivity contribution in [2.24, 2.45) is 12.0 Å². The molecule has 0 unspecified atom stereocenters. The number of nitrogens with one attached hydrogen (secondary N) is 2. The number of hydrogen-bond acceptors (Lipinski definition) is 3. The number of rotatable bonds is 7. The van der Waals surface area contributed by atoms with Gasteiger partial charge in [0.15, 0.2) is 5.96 Å². The number of benzene rings is 1. The number of guanidine groups is 1. The first-order valence-electron chi connectivity index (χ1n) is 9.38. The van der Waals surface area contributed by atoms with Gasteiger partial charge in [-0.25, -0.2) is 4.99 Å². The third kappa shape index (κ3) is 6.74. The van der Waals surface area contributed by atoms with E-state index in [2.05, 4.69) is 32.9 Å². The predicted molar refractivity (Wildman–Crippen MR) is 127 cm³/mol. The Morgan fingerprint density at radius 2 is 1.83 bits per heavy atom. The molecule has 29 heavy (non-hydrogen) atoms. The zero-order valence-corrected chi connectivity index (χ0v) is 19.0. The van der Waals surface area contributed by atoms with Crippen LogP contribution in [-0.4, -0.2) is 26.9 Å². The minimum absolute atomic E-state index is 0. The number of nitrogens with zero attached hydrogens (tertiary/aromatic N) is 4. The molecule has 0 fully saturated rings. The van der Waals surface area contributed by atoms with E-state index in [4.69, 9.17) is 0 Å². The minimum atomic E-state index is 0. The normalized spacial score (nSPS) is 11.0. The summed E-state index contributed by atoms with van der Waals surface area (Å²) in [5, 5.41) is 10.8. The Morgan fingerprint density at radius 1 is 1.07 bits per heavy atom. The van der Waals surface area contributed by atoms with E-state index in [0.29, 0.717) is 19.6 Å². The van der Waals surface area contributed by atoms with E-state index in [-0.39, 0.29) is 29.5 Å². The van der Waals surface area contributed by atoms with Crippen molar-refractivity contribution in [1.29, 1.82) is 0 Å². The molecule has 8 heteroatoms. The van der Waals surface area contributed by atoms with Gasteiger partial charge in [0.1, 0.15) is 0 Å². The van der Waals surface area contributed by atoms with Crippen molar-refractivity contribution in [2.45, 2.75) is 26.6 Å². The lowest BCUT2D eigenvalue weighted by molar-refractivity contribution is 0.685. The van der Waals surface area contributed by atoms with Gasteiger partial charge in [0.25, 0.3) is 5.56 Å². The highest BCUT2D eigenvalue weighted by Crippen LogP contribution is 2.07. The third-order valence-electron chi connectivity index (χ3n) is 4.40. The van der Waals surface area contributed by atoms with Gasteiger partial charge in [0.2, 0.25) is 0 Å². The first kappa shape index (κ1) is 22.7. The van der Waals surface area contributed by atoms with Gasteiger partial charge in [-0.2, -0.15) is 5.10 Å². The van der Waals surface area contributed by atoms with Crippen LogP contribution in [0.5, 0.6) is 0 Å². The molecule has 7 nitrogen and oxygen atoms in total. The van der Waals surface area contributed by atoms with Crippen molar-refractivity contribution in [3.05, 3.63) is 88.1 Å². The molecule has 0 aliphatic heterocycles. The Bertz CT molecular complexity index is 977. The lowest BCUT2D eigenvalue weighted by atomic mass is 10.1. The fourth-order valence-electron chi connectivity index (χ4n) is 2.80. The SMILES string of the molecule is CCNC(=NCc1ccc(Cn2ccccc2=O)cc1)NCc1ccnn1C.I. The predicted octanol–water partition coefficient (Wildman–Crippen LogP) is 2.50. The summed E-state index contributed by atoms with van der Waals surface area (Å²) in [5.41, 5.74) is 3.29. The quantitative estimate of drug-likeness (QED) is 0.294. The Labute approximate surface area is 187 Å². The van der Waals surface area contributed by atoms with Gasteiger partial charge >= 0.3 is 0 Å². The molecule has 0 aliphatic carbocycles. The lowest BCUT2D eigenvalue weighted by Gasteiger charge is -2.11. The molecular formula is C21H27IN6O. The first-order chi connectivity index (χ1) is 13.7. The maximum Gasteiger partial charge on any atom is 0.250 e. The second-order valence-electron chi connectivity index (χ2n) is 6.48. The number of halogens is 1. The topological polar surface area (TPSA) is 76.2 Å². The molecule has 0 amide bonds. The Morgan fingerprint density at radius 3 is 2.48 bits per heavy atom. The Hall–Kier alpha value is -2.62. The second-order valence-corrected chi connectivity index (χ2v) is 6.48. The average molecular weight is 506 g/mol. The monoisotopic (exact) mass is 506 g/mol. The molecule has 3 aromatic rings. The molecule has 154 valence electrons. The van der Waals surface area contributed by atoms with Crippen molar-refractivity contribution in [3.8, 4) is 0 Å². The molecule has 0 radical (unpaired) electrons. The molecule has 0 aliphatic rings. The summed E-state index contributed by atoms with van der Waals surface area (Å²) in [6.45, 7) is 4.64. The summed E-state index contributed by atoms with van der Waals surface area (Å²) in [4.78, 5) is 16.5. The Kier molecular flexibility index (Phi) is 8.91. The van der Waals surface area contributed by atoms with Crippen molar-refractivity contribution in [2.75, 3.05) is 6.54 Å². The molecule has 0 spiro atoms. The van der Waals surface area contributed by atoms with Crippen LogP contribution in [0.2, 0.25) is 0 Å². The van der Waals surface area contributed by atoms with Crippen LogP contribution in [0.15, 0.2) is 70.7 Å². The number of aromatic nitrogens is 3. The van der Waals surface area contributed by atoms with Gasteiger partial charge in [-0.3, -0.25) is 9.48 Å².